The maximum Gasteiger partial charge on any atom is 0.219 e. The highest BCUT2D eigenvalue weighted by atomic mass is 19.1. The third-order valence-electron chi connectivity index (χ3n) is 1.91. The largest absolute Gasteiger partial charge is 0.439 e. The Morgan fingerprint density at radius 1 is 1.20 bits per heavy atom. The molecule has 0 amide bonds. The van der Waals surface area contributed by atoms with Crippen LogP contribution in [0.25, 0.3) is 0 Å². The zero-order valence-electron chi connectivity index (χ0n) is 8.27. The van der Waals surface area contributed by atoms with E-state index in [0.717, 1.165) is 11.8 Å². The van der Waals surface area contributed by atoms with Gasteiger partial charge in [-0.25, -0.2) is 9.37 Å². The number of pyridine rings is 1. The van der Waals surface area contributed by atoms with Gasteiger partial charge < -0.3 is 4.74 Å². The fourth-order valence-electron chi connectivity index (χ4n) is 1.22. The van der Waals surface area contributed by atoms with E-state index < -0.39 is 0 Å². The van der Waals surface area contributed by atoms with Gasteiger partial charge in [-0.05, 0) is 30.7 Å². The zero-order valence-corrected chi connectivity index (χ0v) is 8.27. The van der Waals surface area contributed by atoms with Gasteiger partial charge in [-0.15, -0.1) is 0 Å². The monoisotopic (exact) mass is 203 g/mol. The van der Waals surface area contributed by atoms with Crippen LogP contribution >= 0.6 is 0 Å². The predicted octanol–water partition coefficient (Wildman–Crippen LogP) is 3.32. The summed E-state index contributed by atoms with van der Waals surface area (Å²) in [5.74, 6) is 0.725. The third kappa shape index (κ3) is 2.53. The number of nitrogens with zero attached hydrogens (tertiary/aromatic N) is 1. The van der Waals surface area contributed by atoms with Gasteiger partial charge in [0.1, 0.15) is 11.6 Å². The maximum absolute atomic E-state index is 12.6. The van der Waals surface area contributed by atoms with Gasteiger partial charge in [-0.3, -0.25) is 0 Å². The van der Waals surface area contributed by atoms with Gasteiger partial charge in [0.15, 0.2) is 0 Å². The number of benzene rings is 1. The molecule has 0 radical (unpaired) electrons. The summed E-state index contributed by atoms with van der Waals surface area (Å²) in [4.78, 5) is 3.81. The average molecular weight is 203 g/mol. The van der Waals surface area contributed by atoms with Gasteiger partial charge in [0.25, 0.3) is 0 Å². The first-order valence-electron chi connectivity index (χ1n) is 4.60. The van der Waals surface area contributed by atoms with E-state index in [9.17, 15) is 4.39 Å². The Kier molecular flexibility index (Phi) is 2.63. The van der Waals surface area contributed by atoms with Crippen molar-refractivity contribution in [3.05, 3.63) is 54.0 Å². The molecule has 0 fully saturated rings. The highest BCUT2D eigenvalue weighted by Gasteiger charge is 1.98. The second-order valence-electron chi connectivity index (χ2n) is 3.23. The normalized spacial score (nSPS) is 10.0. The number of aromatic nitrogens is 1. The van der Waals surface area contributed by atoms with Crippen LogP contribution in [0.15, 0.2) is 42.6 Å². The van der Waals surface area contributed by atoms with E-state index in [1.807, 2.05) is 31.2 Å². The van der Waals surface area contributed by atoms with Gasteiger partial charge >= 0.3 is 0 Å². The summed E-state index contributed by atoms with van der Waals surface area (Å²) < 4.78 is 18.0. The molecule has 0 aliphatic heterocycles. The van der Waals surface area contributed by atoms with Crippen LogP contribution in [0.5, 0.6) is 11.6 Å². The minimum Gasteiger partial charge on any atom is -0.439 e. The first-order chi connectivity index (χ1) is 7.24. The maximum atomic E-state index is 12.6. The number of rotatable bonds is 2. The van der Waals surface area contributed by atoms with E-state index in [1.165, 1.54) is 12.1 Å². The van der Waals surface area contributed by atoms with Gasteiger partial charge in [0.05, 0.1) is 6.20 Å². The van der Waals surface area contributed by atoms with Crippen LogP contribution in [0.3, 0.4) is 0 Å². The molecule has 0 bridgehead atoms. The molecule has 2 nitrogen and oxygen atoms in total. The minimum atomic E-state index is -0.369. The Bertz CT molecular complexity index is 453. The number of halogens is 1. The molecule has 1 heterocycles. The van der Waals surface area contributed by atoms with E-state index in [4.69, 9.17) is 4.74 Å². The number of aryl methyl sites for hydroxylation is 1. The van der Waals surface area contributed by atoms with Crippen LogP contribution < -0.4 is 4.74 Å². The van der Waals surface area contributed by atoms with Crippen molar-refractivity contribution in [2.75, 3.05) is 0 Å². The second kappa shape index (κ2) is 4.09. The summed E-state index contributed by atoms with van der Waals surface area (Å²) in [5, 5.41) is 0. The van der Waals surface area contributed by atoms with Crippen LogP contribution in [-0.4, -0.2) is 4.98 Å². The fourth-order valence-corrected chi connectivity index (χ4v) is 1.22. The highest BCUT2D eigenvalue weighted by molar-refractivity contribution is 5.30. The van der Waals surface area contributed by atoms with Crippen molar-refractivity contribution < 1.29 is 9.13 Å². The van der Waals surface area contributed by atoms with Crippen molar-refractivity contribution in [1.82, 2.24) is 4.98 Å². The molecule has 1 aromatic heterocycles. The van der Waals surface area contributed by atoms with Gasteiger partial charge in [0, 0.05) is 6.07 Å². The van der Waals surface area contributed by atoms with Crippen molar-refractivity contribution in [1.29, 1.82) is 0 Å². The number of hydrogen-bond acceptors (Lipinski definition) is 2. The lowest BCUT2D eigenvalue weighted by Gasteiger charge is -2.04. The molecule has 76 valence electrons. The first-order valence-corrected chi connectivity index (χ1v) is 4.60. The average Bonchev–Trinajstić information content (AvgIpc) is 2.22. The van der Waals surface area contributed by atoms with E-state index in [1.54, 1.807) is 0 Å². The quantitative estimate of drug-likeness (QED) is 0.746. The van der Waals surface area contributed by atoms with Crippen molar-refractivity contribution in [2.45, 2.75) is 6.92 Å². The Balaban J connectivity index is 2.18. The van der Waals surface area contributed by atoms with Crippen LogP contribution in [0.2, 0.25) is 0 Å². The van der Waals surface area contributed by atoms with Crippen LogP contribution in [-0.2, 0) is 0 Å². The molecule has 0 saturated carbocycles. The van der Waals surface area contributed by atoms with Gasteiger partial charge in [-0.2, -0.15) is 0 Å². The second-order valence-corrected chi connectivity index (χ2v) is 3.23. The summed E-state index contributed by atoms with van der Waals surface area (Å²) in [6.45, 7) is 1.98. The van der Waals surface area contributed by atoms with Crippen molar-refractivity contribution in [2.24, 2.45) is 0 Å². The van der Waals surface area contributed by atoms with Gasteiger partial charge in [-0.1, -0.05) is 12.1 Å². The van der Waals surface area contributed by atoms with Gasteiger partial charge in [0.2, 0.25) is 5.88 Å². The Morgan fingerprint density at radius 3 is 2.73 bits per heavy atom. The summed E-state index contributed by atoms with van der Waals surface area (Å²) in [6.07, 6.45) is 1.13. The van der Waals surface area contributed by atoms with Crippen molar-refractivity contribution in [3.63, 3.8) is 0 Å². The summed E-state index contributed by atoms with van der Waals surface area (Å²) in [7, 11) is 0. The van der Waals surface area contributed by atoms with E-state index in [2.05, 4.69) is 4.98 Å². The summed E-state index contributed by atoms with van der Waals surface area (Å²) >= 11 is 0. The van der Waals surface area contributed by atoms with Crippen molar-refractivity contribution >= 4 is 0 Å². The molecule has 2 rings (SSSR count). The standard InChI is InChI=1S/C12H10FNO/c1-9-3-2-4-11(7-9)15-12-6-5-10(13)8-14-12/h2-8H,1H3. The molecular weight excluding hydrogens is 193 g/mol. The van der Waals surface area contributed by atoms with E-state index in [-0.39, 0.29) is 5.82 Å². The molecular formula is C12H10FNO. The zero-order chi connectivity index (χ0) is 10.7. The Morgan fingerprint density at radius 2 is 2.07 bits per heavy atom. The molecule has 3 heteroatoms. The van der Waals surface area contributed by atoms with Crippen molar-refractivity contribution in [3.8, 4) is 11.6 Å². The highest BCUT2D eigenvalue weighted by Crippen LogP contribution is 2.19. The lowest BCUT2D eigenvalue weighted by Crippen LogP contribution is -1.88. The Labute approximate surface area is 87.4 Å². The summed E-state index contributed by atoms with van der Waals surface area (Å²) in [6, 6.07) is 10.4. The molecule has 0 spiro atoms. The van der Waals surface area contributed by atoms with E-state index >= 15 is 0 Å². The third-order valence-corrected chi connectivity index (χ3v) is 1.91. The molecule has 2 aromatic rings. The molecule has 15 heavy (non-hydrogen) atoms. The first kappa shape index (κ1) is 9.65. The molecule has 0 unspecified atom stereocenters. The predicted molar refractivity (Wildman–Crippen MR) is 55.4 cm³/mol. The molecule has 1 aromatic carbocycles. The minimum absolute atomic E-state index is 0.369. The molecule has 0 aliphatic rings. The Hall–Kier alpha value is -1.90. The summed E-state index contributed by atoms with van der Waals surface area (Å²) in [5.41, 5.74) is 1.11. The van der Waals surface area contributed by atoms with Crippen LogP contribution in [0, 0.1) is 12.7 Å². The fraction of sp³-hybridized carbons (Fsp3) is 0.0833. The molecule has 0 saturated heterocycles. The number of hydrogen-bond donors (Lipinski definition) is 0. The molecule has 0 atom stereocenters. The smallest absolute Gasteiger partial charge is 0.219 e. The van der Waals surface area contributed by atoms with Crippen LogP contribution in [0.4, 0.5) is 4.39 Å². The topological polar surface area (TPSA) is 22.1 Å². The lowest BCUT2D eigenvalue weighted by molar-refractivity contribution is 0.459. The van der Waals surface area contributed by atoms with Crippen LogP contribution in [0.1, 0.15) is 5.56 Å². The van der Waals surface area contributed by atoms with E-state index in [0.29, 0.717) is 11.6 Å². The SMILES string of the molecule is Cc1cccc(Oc2ccc(F)cn2)c1. The molecule has 0 aliphatic carbocycles. The number of ether oxygens (including phenoxy) is 1. The lowest BCUT2D eigenvalue weighted by atomic mass is 10.2. The molecule has 0 N–H and O–H groups in total.